The van der Waals surface area contributed by atoms with Gasteiger partial charge in [0.25, 0.3) is 0 Å². The number of aromatic nitrogens is 2. The second-order valence-electron chi connectivity index (χ2n) is 6.27. The molecule has 1 fully saturated rings. The molecule has 1 saturated heterocycles. The van der Waals surface area contributed by atoms with E-state index in [2.05, 4.69) is 33.7 Å². The third kappa shape index (κ3) is 3.24. The van der Waals surface area contributed by atoms with E-state index in [9.17, 15) is 4.79 Å². The number of nitrogens with zero attached hydrogens (tertiary/aromatic N) is 3. The summed E-state index contributed by atoms with van der Waals surface area (Å²) < 4.78 is 0. The fraction of sp³-hybridized carbons (Fsp3) is 0.389. The minimum Gasteiger partial charge on any atom is -0.366 e. The number of piperidine rings is 1. The molecule has 0 radical (unpaired) electrons. The van der Waals surface area contributed by atoms with Crippen LogP contribution < -0.4 is 5.32 Å². The number of rotatable bonds is 3. The number of thioether (sulfide) groups is 1. The summed E-state index contributed by atoms with van der Waals surface area (Å²) in [6, 6.07) is 12.5. The maximum Gasteiger partial charge on any atom is 0.236 e. The van der Waals surface area contributed by atoms with Crippen LogP contribution in [0.3, 0.4) is 0 Å². The summed E-state index contributed by atoms with van der Waals surface area (Å²) in [4.78, 5) is 16.1. The van der Waals surface area contributed by atoms with Gasteiger partial charge >= 0.3 is 0 Å². The van der Waals surface area contributed by atoms with Crippen LogP contribution in [0.25, 0.3) is 0 Å². The first kappa shape index (κ1) is 15.4. The highest BCUT2D eigenvalue weighted by molar-refractivity contribution is 8.01. The zero-order valence-electron chi connectivity index (χ0n) is 13.4. The molecule has 0 spiro atoms. The Morgan fingerprint density at radius 1 is 1.17 bits per heavy atom. The van der Waals surface area contributed by atoms with Crippen molar-refractivity contribution < 1.29 is 4.79 Å². The van der Waals surface area contributed by atoms with E-state index in [0.29, 0.717) is 6.04 Å². The Kier molecular flexibility index (Phi) is 4.38. The first-order chi connectivity index (χ1) is 11.8. The van der Waals surface area contributed by atoms with Gasteiger partial charge in [0.05, 0.1) is 5.25 Å². The number of nitrogens with one attached hydrogen (secondary N) is 1. The molecule has 1 unspecified atom stereocenters. The van der Waals surface area contributed by atoms with Crippen LogP contribution in [0.1, 0.15) is 18.4 Å². The van der Waals surface area contributed by atoms with E-state index >= 15 is 0 Å². The highest BCUT2D eigenvalue weighted by Gasteiger charge is 2.33. The zero-order chi connectivity index (χ0) is 16.4. The lowest BCUT2D eigenvalue weighted by atomic mass is 10.0. The topological polar surface area (TPSA) is 58.1 Å². The SMILES string of the molecule is O=C(C1Cc2ccccc2S1)N1CCC(Nc2cccnn2)CC1. The molecule has 2 aliphatic heterocycles. The van der Waals surface area contributed by atoms with Crippen molar-refractivity contribution in [3.8, 4) is 0 Å². The molecule has 1 aromatic carbocycles. The van der Waals surface area contributed by atoms with E-state index in [4.69, 9.17) is 0 Å². The molecule has 1 amide bonds. The van der Waals surface area contributed by atoms with Gasteiger partial charge in [-0.25, -0.2) is 0 Å². The highest BCUT2D eigenvalue weighted by atomic mass is 32.2. The Hall–Kier alpha value is -2.08. The summed E-state index contributed by atoms with van der Waals surface area (Å²) in [5, 5.41) is 11.4. The molecule has 1 aromatic heterocycles. The average Bonchev–Trinajstić information content (AvgIpc) is 3.07. The normalized spacial score (nSPS) is 20.7. The van der Waals surface area contributed by atoms with Crippen molar-refractivity contribution in [2.24, 2.45) is 0 Å². The summed E-state index contributed by atoms with van der Waals surface area (Å²) in [6.45, 7) is 1.62. The number of anilines is 1. The first-order valence-electron chi connectivity index (χ1n) is 8.37. The van der Waals surface area contributed by atoms with Gasteiger partial charge in [0.2, 0.25) is 5.91 Å². The minimum atomic E-state index is 0.0481. The van der Waals surface area contributed by atoms with Crippen LogP contribution in [0, 0.1) is 0 Å². The molecule has 1 atom stereocenters. The fourth-order valence-electron chi connectivity index (χ4n) is 3.36. The Morgan fingerprint density at radius 2 is 2.00 bits per heavy atom. The van der Waals surface area contributed by atoms with E-state index in [0.717, 1.165) is 38.2 Å². The van der Waals surface area contributed by atoms with Crippen LogP contribution in [-0.2, 0) is 11.2 Å². The van der Waals surface area contributed by atoms with Crippen LogP contribution in [0.15, 0.2) is 47.5 Å². The largest absolute Gasteiger partial charge is 0.366 e. The third-order valence-electron chi connectivity index (χ3n) is 4.65. The molecule has 4 rings (SSSR count). The number of carbonyl (C=O) groups excluding carboxylic acids is 1. The maximum atomic E-state index is 12.8. The van der Waals surface area contributed by atoms with Crippen LogP contribution in [0.5, 0.6) is 0 Å². The Balaban J connectivity index is 1.31. The fourth-order valence-corrected chi connectivity index (χ4v) is 4.63. The zero-order valence-corrected chi connectivity index (χ0v) is 14.2. The summed E-state index contributed by atoms with van der Waals surface area (Å²) in [5.74, 6) is 1.10. The van der Waals surface area contributed by atoms with Gasteiger partial charge in [0.1, 0.15) is 5.82 Å². The third-order valence-corrected chi connectivity index (χ3v) is 5.96. The average molecular weight is 340 g/mol. The van der Waals surface area contributed by atoms with Gasteiger partial charge in [0, 0.05) is 30.2 Å². The first-order valence-corrected chi connectivity index (χ1v) is 9.25. The van der Waals surface area contributed by atoms with Gasteiger partial charge in [0.15, 0.2) is 0 Å². The smallest absolute Gasteiger partial charge is 0.236 e. The quantitative estimate of drug-likeness (QED) is 0.931. The van der Waals surface area contributed by atoms with Crippen LogP contribution in [0.4, 0.5) is 5.82 Å². The summed E-state index contributed by atoms with van der Waals surface area (Å²) in [5.41, 5.74) is 1.31. The molecule has 3 heterocycles. The van der Waals surface area contributed by atoms with Crippen molar-refractivity contribution in [1.29, 1.82) is 0 Å². The van der Waals surface area contributed by atoms with Crippen molar-refractivity contribution in [2.45, 2.75) is 35.4 Å². The Bertz CT molecular complexity index is 691. The molecule has 24 heavy (non-hydrogen) atoms. The lowest BCUT2D eigenvalue weighted by molar-refractivity contribution is -0.131. The molecule has 124 valence electrons. The molecule has 0 aliphatic carbocycles. The molecule has 0 saturated carbocycles. The Labute approximate surface area is 145 Å². The van der Waals surface area contributed by atoms with Crippen molar-refractivity contribution in [1.82, 2.24) is 15.1 Å². The number of likely N-dealkylation sites (tertiary alicyclic amines) is 1. The van der Waals surface area contributed by atoms with Gasteiger partial charge in [-0.2, -0.15) is 5.10 Å². The van der Waals surface area contributed by atoms with Gasteiger partial charge in [-0.1, -0.05) is 18.2 Å². The van der Waals surface area contributed by atoms with Gasteiger partial charge < -0.3 is 10.2 Å². The highest BCUT2D eigenvalue weighted by Crippen LogP contribution is 2.37. The lowest BCUT2D eigenvalue weighted by Crippen LogP contribution is -2.45. The monoisotopic (exact) mass is 340 g/mol. The number of amides is 1. The number of fused-ring (bicyclic) bond motifs is 1. The van der Waals surface area contributed by atoms with Crippen molar-refractivity contribution in [3.63, 3.8) is 0 Å². The van der Waals surface area contributed by atoms with Crippen LogP contribution in [-0.4, -0.2) is 45.4 Å². The number of hydrogen-bond acceptors (Lipinski definition) is 5. The van der Waals surface area contributed by atoms with E-state index in [1.807, 2.05) is 23.1 Å². The van der Waals surface area contributed by atoms with Crippen molar-refractivity contribution >= 4 is 23.5 Å². The maximum absolute atomic E-state index is 12.8. The molecule has 2 aliphatic rings. The molecule has 0 bridgehead atoms. The summed E-state index contributed by atoms with van der Waals surface area (Å²) >= 11 is 1.72. The second-order valence-corrected chi connectivity index (χ2v) is 7.52. The standard InChI is InChI=1S/C18H20N4OS/c23-18(16-12-13-4-1-2-5-15(13)24-16)22-10-7-14(8-11-22)20-17-6-3-9-19-21-17/h1-6,9,14,16H,7-8,10-12H2,(H,20,21). The molecule has 2 aromatic rings. The van der Waals surface area contributed by atoms with Gasteiger partial charge in [-0.3, -0.25) is 4.79 Å². The van der Waals surface area contributed by atoms with E-state index in [-0.39, 0.29) is 11.2 Å². The van der Waals surface area contributed by atoms with Crippen LogP contribution in [0.2, 0.25) is 0 Å². The predicted molar refractivity (Wildman–Crippen MR) is 95.0 cm³/mol. The van der Waals surface area contributed by atoms with Crippen LogP contribution >= 0.6 is 11.8 Å². The lowest BCUT2D eigenvalue weighted by Gasteiger charge is -2.33. The number of carbonyl (C=O) groups is 1. The van der Waals surface area contributed by atoms with Crippen molar-refractivity contribution in [2.75, 3.05) is 18.4 Å². The number of hydrogen-bond donors (Lipinski definition) is 1. The molecule has 6 heteroatoms. The van der Waals surface area contributed by atoms with E-state index in [1.165, 1.54) is 10.5 Å². The van der Waals surface area contributed by atoms with E-state index in [1.54, 1.807) is 18.0 Å². The predicted octanol–water partition coefficient (Wildman–Crippen LogP) is 2.60. The van der Waals surface area contributed by atoms with Gasteiger partial charge in [-0.15, -0.1) is 16.9 Å². The summed E-state index contributed by atoms with van der Waals surface area (Å²) in [7, 11) is 0. The van der Waals surface area contributed by atoms with Gasteiger partial charge in [-0.05, 0) is 43.0 Å². The molecule has 5 nitrogen and oxygen atoms in total. The minimum absolute atomic E-state index is 0.0481. The summed E-state index contributed by atoms with van der Waals surface area (Å²) in [6.07, 6.45) is 4.43. The van der Waals surface area contributed by atoms with Crippen molar-refractivity contribution in [3.05, 3.63) is 48.2 Å². The second kappa shape index (κ2) is 6.81. The molecule has 1 N–H and O–H groups in total. The van der Waals surface area contributed by atoms with E-state index < -0.39 is 0 Å². The Morgan fingerprint density at radius 3 is 2.75 bits per heavy atom. The molecular weight excluding hydrogens is 320 g/mol. The number of benzene rings is 1. The molecular formula is C18H20N4OS.